The van der Waals surface area contributed by atoms with Gasteiger partial charge in [0.2, 0.25) is 11.8 Å². The van der Waals surface area contributed by atoms with Gasteiger partial charge < -0.3 is 20.1 Å². The lowest BCUT2D eigenvalue weighted by Crippen LogP contribution is -2.38. The number of rotatable bonds is 16. The second-order valence-corrected chi connectivity index (χ2v) is 14.4. The van der Waals surface area contributed by atoms with E-state index in [1.807, 2.05) is 44.4 Å². The molecule has 4 aromatic rings. The number of nitrogens with zero attached hydrogens (tertiary/aromatic N) is 5. The van der Waals surface area contributed by atoms with Crippen molar-refractivity contribution < 1.29 is 14.6 Å². The van der Waals surface area contributed by atoms with E-state index in [1.165, 1.54) is 44.1 Å². The highest BCUT2D eigenvalue weighted by Crippen LogP contribution is 2.49. The van der Waals surface area contributed by atoms with Gasteiger partial charge in [0, 0.05) is 48.4 Å². The summed E-state index contributed by atoms with van der Waals surface area (Å²) in [6.45, 7) is 11.5. The lowest BCUT2D eigenvalue weighted by Gasteiger charge is -2.35. The molecule has 1 unspecified atom stereocenters. The molecule has 2 heterocycles. The average Bonchev–Trinajstić information content (AvgIpc) is 3.84. The van der Waals surface area contributed by atoms with Gasteiger partial charge in [0.05, 0.1) is 23.1 Å². The van der Waals surface area contributed by atoms with Gasteiger partial charge in [-0.05, 0) is 105 Å². The molecule has 2 aliphatic rings. The SMILES string of the molecule is CC.Cc1cccc(C)c1-c1cc(OCC(CCC2(C)CC2)NCc2cncc(N(C)C3CCC3)n2)nc(NSc2cccc(C(=O)O)c2)n1. The number of benzene rings is 2. The first-order valence-electron chi connectivity index (χ1n) is 17.8. The summed E-state index contributed by atoms with van der Waals surface area (Å²) in [5.41, 5.74) is 5.56. The van der Waals surface area contributed by atoms with Crippen LogP contribution in [0.25, 0.3) is 11.3 Å². The average molecular weight is 698 g/mol. The van der Waals surface area contributed by atoms with Crippen LogP contribution >= 0.6 is 11.9 Å². The maximum Gasteiger partial charge on any atom is 0.335 e. The topological polar surface area (TPSA) is 125 Å². The number of hydrogen-bond acceptors (Lipinski definition) is 10. The third-order valence-electron chi connectivity index (χ3n) is 9.64. The molecule has 0 amide bonds. The van der Waals surface area contributed by atoms with E-state index in [2.05, 4.69) is 59.9 Å². The molecule has 3 N–H and O–H groups in total. The number of nitrogens with one attached hydrogen (secondary N) is 2. The molecule has 2 aromatic carbocycles. The molecule has 0 spiro atoms. The molecule has 0 bridgehead atoms. The third kappa shape index (κ3) is 9.94. The maximum absolute atomic E-state index is 11.5. The van der Waals surface area contributed by atoms with Gasteiger partial charge in [0.1, 0.15) is 12.4 Å². The molecule has 2 aromatic heterocycles. The van der Waals surface area contributed by atoms with E-state index in [1.54, 1.807) is 18.2 Å². The summed E-state index contributed by atoms with van der Waals surface area (Å²) in [6.07, 6.45) is 12.0. The highest BCUT2D eigenvalue weighted by atomic mass is 32.2. The molecular formula is C39H51N7O3S. The zero-order valence-corrected chi connectivity index (χ0v) is 31.0. The zero-order valence-electron chi connectivity index (χ0n) is 30.2. The Morgan fingerprint density at radius 3 is 2.48 bits per heavy atom. The molecule has 2 fully saturated rings. The Morgan fingerprint density at radius 2 is 1.80 bits per heavy atom. The van der Waals surface area contributed by atoms with Crippen LogP contribution in [0.2, 0.25) is 0 Å². The van der Waals surface area contributed by atoms with Crippen molar-refractivity contribution >= 4 is 29.7 Å². The van der Waals surface area contributed by atoms with Crippen LogP contribution in [0, 0.1) is 19.3 Å². The van der Waals surface area contributed by atoms with Crippen molar-refractivity contribution in [1.29, 1.82) is 0 Å². The van der Waals surface area contributed by atoms with Gasteiger partial charge in [0.15, 0.2) is 0 Å². The third-order valence-corrected chi connectivity index (χ3v) is 10.4. The lowest BCUT2D eigenvalue weighted by molar-refractivity contribution is 0.0696. The van der Waals surface area contributed by atoms with E-state index in [4.69, 9.17) is 19.7 Å². The van der Waals surface area contributed by atoms with Gasteiger partial charge in [-0.25, -0.2) is 14.8 Å². The molecule has 50 heavy (non-hydrogen) atoms. The minimum atomic E-state index is -0.971. The van der Waals surface area contributed by atoms with Gasteiger partial charge in [-0.2, -0.15) is 4.98 Å². The largest absolute Gasteiger partial charge is 0.478 e. The van der Waals surface area contributed by atoms with E-state index in [9.17, 15) is 9.90 Å². The zero-order chi connectivity index (χ0) is 35.7. The van der Waals surface area contributed by atoms with E-state index in [-0.39, 0.29) is 11.6 Å². The summed E-state index contributed by atoms with van der Waals surface area (Å²) in [5.74, 6) is 0.804. The maximum atomic E-state index is 11.5. The predicted octanol–water partition coefficient (Wildman–Crippen LogP) is 8.50. The molecular weight excluding hydrogens is 647 g/mol. The minimum Gasteiger partial charge on any atom is -0.478 e. The summed E-state index contributed by atoms with van der Waals surface area (Å²) in [7, 11) is 2.11. The summed E-state index contributed by atoms with van der Waals surface area (Å²) >= 11 is 1.26. The Morgan fingerprint density at radius 1 is 1.06 bits per heavy atom. The number of carbonyl (C=O) groups is 1. The fraction of sp³-hybridized carbons (Fsp3) is 0.462. The molecule has 10 nitrogen and oxygen atoms in total. The van der Waals surface area contributed by atoms with Crippen LogP contribution in [0.5, 0.6) is 5.88 Å². The number of aromatic nitrogens is 4. The van der Waals surface area contributed by atoms with Crippen LogP contribution in [0.15, 0.2) is 65.8 Å². The molecule has 0 radical (unpaired) electrons. The molecule has 6 rings (SSSR count). The number of anilines is 2. The van der Waals surface area contributed by atoms with Crippen molar-refractivity contribution in [2.75, 3.05) is 23.3 Å². The van der Waals surface area contributed by atoms with Crippen LogP contribution < -0.4 is 19.7 Å². The monoisotopic (exact) mass is 697 g/mol. The molecule has 1 atom stereocenters. The van der Waals surface area contributed by atoms with Crippen molar-refractivity contribution in [3.05, 3.63) is 83.3 Å². The number of ether oxygens (including phenoxy) is 1. The number of aryl methyl sites for hydroxylation is 2. The first-order valence-corrected chi connectivity index (χ1v) is 18.6. The van der Waals surface area contributed by atoms with Crippen molar-refractivity contribution in [2.45, 2.75) is 103 Å². The molecule has 2 aliphatic carbocycles. The Labute approximate surface area is 301 Å². The van der Waals surface area contributed by atoms with Crippen molar-refractivity contribution in [2.24, 2.45) is 5.41 Å². The number of aromatic carboxylic acids is 1. The standard InChI is InChI=1S/C37H45N7O3S.C2H6/c1-24-8-5-9-25(2)34(24)31-19-33(42-36(41-31)43-48-30-13-6-10-26(18-30)35(45)46)47-23-27(14-15-37(3)16-17-37)39-21-28-20-38-22-32(40-28)44(4)29-11-7-12-29;1-2/h5-6,8-10,13,18-20,22,27,29,39H,7,11-12,14-17,21,23H2,1-4H3,(H,45,46)(H,41,42,43);1-2H3. The molecule has 11 heteroatoms. The van der Waals surface area contributed by atoms with Crippen molar-refractivity contribution in [3.63, 3.8) is 0 Å². The van der Waals surface area contributed by atoms with Crippen molar-refractivity contribution in [3.8, 4) is 17.1 Å². The second kappa shape index (κ2) is 17.1. The number of hydrogen-bond donors (Lipinski definition) is 3. The minimum absolute atomic E-state index is 0.0837. The van der Waals surface area contributed by atoms with E-state index in [0.717, 1.165) is 51.6 Å². The highest BCUT2D eigenvalue weighted by Gasteiger charge is 2.37. The first-order chi connectivity index (χ1) is 24.2. The quantitative estimate of drug-likeness (QED) is 0.0976. The number of carboxylic acids is 1. The highest BCUT2D eigenvalue weighted by molar-refractivity contribution is 8.00. The molecule has 2 saturated carbocycles. The normalized spacial score (nSPS) is 15.2. The Hall–Kier alpha value is -4.22. The fourth-order valence-corrected chi connectivity index (χ4v) is 6.60. The summed E-state index contributed by atoms with van der Waals surface area (Å²) in [4.78, 5) is 33.5. The van der Waals surface area contributed by atoms with Gasteiger partial charge in [0.25, 0.3) is 0 Å². The van der Waals surface area contributed by atoms with Crippen LogP contribution in [-0.4, -0.2) is 56.7 Å². The summed E-state index contributed by atoms with van der Waals surface area (Å²) in [6, 6.07) is 15.5. The van der Waals surface area contributed by atoms with Gasteiger partial charge in [-0.3, -0.25) is 9.71 Å². The van der Waals surface area contributed by atoms with Crippen LogP contribution in [0.1, 0.15) is 92.9 Å². The Kier molecular flexibility index (Phi) is 12.7. The van der Waals surface area contributed by atoms with E-state index in [0.29, 0.717) is 36.4 Å². The Balaban J connectivity index is 0.00000239. The lowest BCUT2D eigenvalue weighted by atomic mass is 9.92. The first kappa shape index (κ1) is 37.0. The van der Waals surface area contributed by atoms with Crippen molar-refractivity contribution in [1.82, 2.24) is 25.3 Å². The fourth-order valence-electron chi connectivity index (χ4n) is 5.96. The molecule has 266 valence electrons. The smallest absolute Gasteiger partial charge is 0.335 e. The van der Waals surface area contributed by atoms with Crippen LogP contribution in [0.4, 0.5) is 11.8 Å². The molecule has 0 saturated heterocycles. The summed E-state index contributed by atoms with van der Waals surface area (Å²) < 4.78 is 9.68. The summed E-state index contributed by atoms with van der Waals surface area (Å²) in [5, 5.41) is 13.1. The predicted molar refractivity (Wildman–Crippen MR) is 202 cm³/mol. The second-order valence-electron chi connectivity index (χ2n) is 13.5. The van der Waals surface area contributed by atoms with Crippen LogP contribution in [0.3, 0.4) is 0 Å². The Bertz CT molecular complexity index is 1720. The van der Waals surface area contributed by atoms with Gasteiger partial charge in [-0.15, -0.1) is 0 Å². The van der Waals surface area contributed by atoms with Gasteiger partial charge in [-0.1, -0.05) is 45.0 Å². The van der Waals surface area contributed by atoms with E-state index < -0.39 is 5.97 Å². The van der Waals surface area contributed by atoms with Crippen LogP contribution in [-0.2, 0) is 6.54 Å². The van der Waals surface area contributed by atoms with Gasteiger partial charge >= 0.3 is 5.97 Å². The molecule has 0 aliphatic heterocycles. The number of carboxylic acid groups (broad SMARTS) is 1. The van der Waals surface area contributed by atoms with E-state index >= 15 is 0 Å².